The Morgan fingerprint density at radius 3 is 2.23 bits per heavy atom. The Kier molecular flexibility index (Phi) is 6.84. The Hall–Kier alpha value is -1.11. The maximum atomic E-state index is 12.4. The zero-order valence-electron chi connectivity index (χ0n) is 12.9. The fourth-order valence-corrected chi connectivity index (χ4v) is 3.29. The molecule has 1 heterocycles. The van der Waals surface area contributed by atoms with Gasteiger partial charge >= 0.3 is 0 Å². The second kappa shape index (κ2) is 7.94. The number of hydrogen-bond donors (Lipinski definition) is 1. The first-order chi connectivity index (χ1) is 9.91. The Labute approximate surface area is 138 Å². The number of nitrogens with one attached hydrogen (secondary N) is 1. The highest BCUT2D eigenvalue weighted by Crippen LogP contribution is 2.19. The smallest absolute Gasteiger partial charge is 0.253 e. The number of amides is 1. The van der Waals surface area contributed by atoms with Gasteiger partial charge in [-0.25, -0.2) is 8.42 Å². The molecular formula is C15H23ClN2O3S. The van der Waals surface area contributed by atoms with Crippen LogP contribution in [0.5, 0.6) is 0 Å². The molecule has 0 saturated carbocycles. The van der Waals surface area contributed by atoms with Crippen LogP contribution in [0.3, 0.4) is 0 Å². The van der Waals surface area contributed by atoms with Gasteiger partial charge in [-0.3, -0.25) is 4.79 Å². The molecule has 0 spiro atoms. The van der Waals surface area contributed by atoms with E-state index in [1.165, 1.54) is 12.1 Å². The highest BCUT2D eigenvalue weighted by molar-refractivity contribution is 7.90. The van der Waals surface area contributed by atoms with E-state index in [1.807, 2.05) is 11.9 Å². The molecule has 124 valence electrons. The quantitative estimate of drug-likeness (QED) is 0.899. The van der Waals surface area contributed by atoms with Crippen molar-refractivity contribution in [1.29, 1.82) is 0 Å². The molecule has 0 atom stereocenters. The third-order valence-electron chi connectivity index (χ3n) is 3.92. The normalized spacial score (nSPS) is 16.2. The van der Waals surface area contributed by atoms with Gasteiger partial charge in [0.25, 0.3) is 5.91 Å². The highest BCUT2D eigenvalue weighted by Gasteiger charge is 2.23. The average molecular weight is 347 g/mol. The molecule has 0 aromatic heterocycles. The van der Waals surface area contributed by atoms with Crippen molar-refractivity contribution in [2.45, 2.75) is 17.7 Å². The number of sulfone groups is 1. The summed E-state index contributed by atoms with van der Waals surface area (Å²) in [4.78, 5) is 14.5. The van der Waals surface area contributed by atoms with Crippen molar-refractivity contribution < 1.29 is 13.2 Å². The molecule has 1 fully saturated rings. The second-order valence-electron chi connectivity index (χ2n) is 5.59. The summed E-state index contributed by atoms with van der Waals surface area (Å²) in [6, 6.07) is 6.18. The molecule has 0 radical (unpaired) electrons. The Morgan fingerprint density at radius 2 is 1.77 bits per heavy atom. The molecule has 1 aliphatic rings. The van der Waals surface area contributed by atoms with E-state index in [1.54, 1.807) is 12.1 Å². The summed E-state index contributed by atoms with van der Waals surface area (Å²) < 4.78 is 22.8. The predicted octanol–water partition coefficient (Wildman–Crippen LogP) is 1.58. The molecule has 1 N–H and O–H groups in total. The lowest BCUT2D eigenvalue weighted by Gasteiger charge is -2.32. The van der Waals surface area contributed by atoms with Gasteiger partial charge in [-0.1, -0.05) is 0 Å². The molecule has 1 aromatic carbocycles. The number of carbonyl (C=O) groups is 1. The van der Waals surface area contributed by atoms with Crippen LogP contribution in [0.4, 0.5) is 0 Å². The summed E-state index contributed by atoms with van der Waals surface area (Å²) >= 11 is 0. The first-order valence-corrected chi connectivity index (χ1v) is 9.05. The standard InChI is InChI=1S/C15H22N2O3S.ClH/c1-16-11-12-7-9-17(10-8-12)15(18)13-3-5-14(6-4-13)21(2,19)20;/h3-6,12,16H,7-11H2,1-2H3;1H. The van der Waals surface area contributed by atoms with E-state index < -0.39 is 9.84 Å². The molecule has 22 heavy (non-hydrogen) atoms. The van der Waals surface area contributed by atoms with Gasteiger partial charge in [-0.05, 0) is 56.6 Å². The van der Waals surface area contributed by atoms with Crippen LogP contribution in [0.25, 0.3) is 0 Å². The molecule has 2 rings (SSSR count). The average Bonchev–Trinajstić information content (AvgIpc) is 2.47. The maximum Gasteiger partial charge on any atom is 0.253 e. The lowest BCUT2D eigenvalue weighted by Crippen LogP contribution is -2.40. The number of piperidine rings is 1. The number of benzene rings is 1. The number of halogens is 1. The van der Waals surface area contributed by atoms with Gasteiger partial charge in [0.1, 0.15) is 0 Å². The zero-order valence-corrected chi connectivity index (χ0v) is 14.5. The van der Waals surface area contributed by atoms with Crippen LogP contribution in [0, 0.1) is 5.92 Å². The van der Waals surface area contributed by atoms with Crippen LogP contribution < -0.4 is 5.32 Å². The zero-order chi connectivity index (χ0) is 15.5. The summed E-state index contributed by atoms with van der Waals surface area (Å²) in [6.45, 7) is 2.52. The minimum atomic E-state index is -3.22. The van der Waals surface area contributed by atoms with Crippen molar-refractivity contribution >= 4 is 28.2 Å². The summed E-state index contributed by atoms with van der Waals surface area (Å²) in [7, 11) is -1.27. The molecule has 5 nitrogen and oxygen atoms in total. The van der Waals surface area contributed by atoms with Crippen LogP contribution in [0.1, 0.15) is 23.2 Å². The van der Waals surface area contributed by atoms with Crippen LogP contribution >= 0.6 is 12.4 Å². The van der Waals surface area contributed by atoms with Gasteiger partial charge in [0.15, 0.2) is 9.84 Å². The third kappa shape index (κ3) is 4.69. The minimum absolute atomic E-state index is 0. The lowest BCUT2D eigenvalue weighted by molar-refractivity contribution is 0.0691. The van der Waals surface area contributed by atoms with Crippen LogP contribution in [-0.2, 0) is 9.84 Å². The van der Waals surface area contributed by atoms with Crippen LogP contribution in [-0.4, -0.2) is 52.2 Å². The van der Waals surface area contributed by atoms with E-state index in [9.17, 15) is 13.2 Å². The summed E-state index contributed by atoms with van der Waals surface area (Å²) in [5.41, 5.74) is 0.550. The molecule has 1 aromatic rings. The monoisotopic (exact) mass is 346 g/mol. The van der Waals surface area contributed by atoms with Gasteiger partial charge in [0.2, 0.25) is 0 Å². The fraction of sp³-hybridized carbons (Fsp3) is 0.533. The molecular weight excluding hydrogens is 324 g/mol. The number of rotatable bonds is 4. The van der Waals surface area contributed by atoms with Gasteiger partial charge in [0, 0.05) is 24.9 Å². The van der Waals surface area contributed by atoms with E-state index in [-0.39, 0.29) is 23.2 Å². The largest absolute Gasteiger partial charge is 0.339 e. The Morgan fingerprint density at radius 1 is 1.23 bits per heavy atom. The van der Waals surface area contributed by atoms with Crippen LogP contribution in [0.15, 0.2) is 29.2 Å². The number of nitrogens with zero attached hydrogens (tertiary/aromatic N) is 1. The molecule has 0 unspecified atom stereocenters. The van der Waals surface area contributed by atoms with Crippen molar-refractivity contribution in [3.05, 3.63) is 29.8 Å². The fourth-order valence-electron chi connectivity index (χ4n) is 2.66. The molecule has 1 saturated heterocycles. The maximum absolute atomic E-state index is 12.4. The highest BCUT2D eigenvalue weighted by atomic mass is 35.5. The Balaban J connectivity index is 0.00000242. The van der Waals surface area contributed by atoms with E-state index in [0.717, 1.165) is 38.7 Å². The summed E-state index contributed by atoms with van der Waals surface area (Å²) in [5.74, 6) is 0.615. The minimum Gasteiger partial charge on any atom is -0.339 e. The van der Waals surface area contributed by atoms with Gasteiger partial charge < -0.3 is 10.2 Å². The molecule has 0 bridgehead atoms. The van der Waals surface area contributed by atoms with E-state index in [0.29, 0.717) is 11.5 Å². The number of likely N-dealkylation sites (tertiary alicyclic amines) is 1. The van der Waals surface area contributed by atoms with Gasteiger partial charge in [-0.15, -0.1) is 12.4 Å². The predicted molar refractivity (Wildman–Crippen MR) is 89.4 cm³/mol. The third-order valence-corrected chi connectivity index (χ3v) is 5.05. The summed E-state index contributed by atoms with van der Waals surface area (Å²) in [5, 5.41) is 3.17. The first-order valence-electron chi connectivity index (χ1n) is 7.16. The molecule has 0 aliphatic carbocycles. The SMILES string of the molecule is CNCC1CCN(C(=O)c2ccc(S(C)(=O)=O)cc2)CC1.Cl. The van der Waals surface area contributed by atoms with Crippen molar-refractivity contribution in [3.63, 3.8) is 0 Å². The van der Waals surface area contributed by atoms with Gasteiger partial charge in [-0.2, -0.15) is 0 Å². The van der Waals surface area contributed by atoms with Crippen molar-refractivity contribution in [2.24, 2.45) is 5.92 Å². The van der Waals surface area contributed by atoms with Crippen molar-refractivity contribution in [3.8, 4) is 0 Å². The number of carbonyl (C=O) groups excluding carboxylic acids is 1. The summed E-state index contributed by atoms with van der Waals surface area (Å²) in [6.07, 6.45) is 3.18. The molecule has 1 amide bonds. The lowest BCUT2D eigenvalue weighted by atomic mass is 9.96. The van der Waals surface area contributed by atoms with E-state index in [2.05, 4.69) is 5.32 Å². The van der Waals surface area contributed by atoms with E-state index >= 15 is 0 Å². The topological polar surface area (TPSA) is 66.5 Å². The van der Waals surface area contributed by atoms with Crippen molar-refractivity contribution in [1.82, 2.24) is 10.2 Å². The van der Waals surface area contributed by atoms with E-state index in [4.69, 9.17) is 0 Å². The molecule has 7 heteroatoms. The van der Waals surface area contributed by atoms with Crippen molar-refractivity contribution in [2.75, 3.05) is 32.9 Å². The Bertz CT molecular complexity index is 594. The second-order valence-corrected chi connectivity index (χ2v) is 7.61. The number of hydrogen-bond acceptors (Lipinski definition) is 4. The molecule has 1 aliphatic heterocycles. The van der Waals surface area contributed by atoms with Gasteiger partial charge in [0.05, 0.1) is 4.90 Å². The first kappa shape index (κ1) is 18.9. The van der Waals surface area contributed by atoms with Crippen LogP contribution in [0.2, 0.25) is 0 Å².